The van der Waals surface area contributed by atoms with Gasteiger partial charge in [0.25, 0.3) is 0 Å². The molecular formula is C12H13O2. The van der Waals surface area contributed by atoms with Gasteiger partial charge in [-0.2, -0.15) is 0 Å². The van der Waals surface area contributed by atoms with Crippen LogP contribution in [0.4, 0.5) is 0 Å². The number of carbonyl (C=O) groups excluding carboxylic acids is 1. The second-order valence-corrected chi connectivity index (χ2v) is 3.72. The van der Waals surface area contributed by atoms with Gasteiger partial charge in [-0.3, -0.25) is 4.79 Å². The van der Waals surface area contributed by atoms with Gasteiger partial charge in [0.15, 0.2) is 0 Å². The lowest BCUT2D eigenvalue weighted by Gasteiger charge is -2.39. The largest absolute Gasteiger partial charge is 0.468 e. The van der Waals surface area contributed by atoms with Crippen LogP contribution in [0.5, 0.6) is 0 Å². The van der Waals surface area contributed by atoms with Crippen LogP contribution in [-0.4, -0.2) is 13.1 Å². The van der Waals surface area contributed by atoms with Crippen molar-refractivity contribution in [1.82, 2.24) is 0 Å². The van der Waals surface area contributed by atoms with Gasteiger partial charge < -0.3 is 4.74 Å². The highest BCUT2D eigenvalue weighted by Gasteiger charge is 2.46. The van der Waals surface area contributed by atoms with Crippen molar-refractivity contribution in [3.8, 4) is 0 Å². The molecule has 1 aliphatic carbocycles. The van der Waals surface area contributed by atoms with E-state index in [1.807, 2.05) is 24.3 Å². The second-order valence-electron chi connectivity index (χ2n) is 3.72. The first-order chi connectivity index (χ1) is 6.79. The Morgan fingerprint density at radius 3 is 2.50 bits per heavy atom. The molecule has 0 amide bonds. The van der Waals surface area contributed by atoms with Crippen molar-refractivity contribution in [2.45, 2.75) is 24.7 Å². The van der Waals surface area contributed by atoms with Crippen molar-refractivity contribution < 1.29 is 9.53 Å². The molecule has 0 N–H and O–H groups in total. The van der Waals surface area contributed by atoms with Crippen molar-refractivity contribution in [3.63, 3.8) is 0 Å². The quantitative estimate of drug-likeness (QED) is 0.666. The van der Waals surface area contributed by atoms with Gasteiger partial charge in [0, 0.05) is 0 Å². The molecule has 1 saturated carbocycles. The smallest absolute Gasteiger partial charge is 0.316 e. The van der Waals surface area contributed by atoms with E-state index in [4.69, 9.17) is 4.74 Å². The Morgan fingerprint density at radius 2 is 2.07 bits per heavy atom. The van der Waals surface area contributed by atoms with Gasteiger partial charge in [0.05, 0.1) is 12.5 Å². The predicted molar refractivity (Wildman–Crippen MR) is 52.8 cm³/mol. The molecule has 0 saturated heterocycles. The summed E-state index contributed by atoms with van der Waals surface area (Å²) >= 11 is 0. The minimum Gasteiger partial charge on any atom is -0.468 e. The lowest BCUT2D eigenvalue weighted by molar-refractivity contribution is -0.151. The Morgan fingerprint density at radius 1 is 1.43 bits per heavy atom. The topological polar surface area (TPSA) is 26.3 Å². The van der Waals surface area contributed by atoms with Crippen molar-refractivity contribution in [1.29, 1.82) is 0 Å². The Bertz CT molecular complexity index is 325. The van der Waals surface area contributed by atoms with E-state index in [9.17, 15) is 4.79 Å². The second kappa shape index (κ2) is 3.45. The van der Waals surface area contributed by atoms with Gasteiger partial charge in [-0.25, -0.2) is 0 Å². The Balaban J connectivity index is 2.34. The number of methoxy groups -OCH3 is 1. The number of esters is 1. The first-order valence-corrected chi connectivity index (χ1v) is 4.84. The average Bonchev–Trinajstić information content (AvgIpc) is 2.17. The number of rotatable bonds is 2. The maximum absolute atomic E-state index is 11.7. The molecule has 0 spiro atoms. The monoisotopic (exact) mass is 189 g/mol. The third-order valence-electron chi connectivity index (χ3n) is 3.05. The van der Waals surface area contributed by atoms with Crippen LogP contribution in [0.3, 0.4) is 0 Å². The normalized spacial score (nSPS) is 18.4. The van der Waals surface area contributed by atoms with Crippen molar-refractivity contribution in [2.24, 2.45) is 0 Å². The number of hydrogen-bond acceptors (Lipinski definition) is 2. The van der Waals surface area contributed by atoms with Crippen LogP contribution in [0.15, 0.2) is 24.3 Å². The molecule has 0 heterocycles. The summed E-state index contributed by atoms with van der Waals surface area (Å²) in [6, 6.07) is 10.6. The van der Waals surface area contributed by atoms with Gasteiger partial charge >= 0.3 is 5.97 Å². The van der Waals surface area contributed by atoms with E-state index in [-0.39, 0.29) is 11.4 Å². The summed E-state index contributed by atoms with van der Waals surface area (Å²) in [5.74, 6) is -0.102. The van der Waals surface area contributed by atoms with E-state index in [1.165, 1.54) is 7.11 Å². The first-order valence-electron chi connectivity index (χ1n) is 4.84. The molecule has 2 rings (SSSR count). The molecule has 0 aliphatic heterocycles. The highest BCUT2D eigenvalue weighted by Crippen LogP contribution is 2.44. The van der Waals surface area contributed by atoms with Crippen LogP contribution in [-0.2, 0) is 14.9 Å². The Kier molecular flexibility index (Phi) is 2.28. The van der Waals surface area contributed by atoms with Gasteiger partial charge in [0.1, 0.15) is 0 Å². The van der Waals surface area contributed by atoms with Gasteiger partial charge in [0.2, 0.25) is 0 Å². The highest BCUT2D eigenvalue weighted by atomic mass is 16.5. The molecular weight excluding hydrogens is 176 g/mol. The van der Waals surface area contributed by atoms with Gasteiger partial charge in [-0.1, -0.05) is 30.7 Å². The van der Waals surface area contributed by atoms with E-state index in [0.717, 1.165) is 24.8 Å². The standard InChI is InChI=1S/C12H13O2/c1-14-11(13)12(8-5-9-12)10-6-3-2-4-7-10/h3-4,6-7H,5,8-9H2,1H3. The van der Waals surface area contributed by atoms with Gasteiger partial charge in [-0.15, -0.1) is 0 Å². The number of hydrogen-bond donors (Lipinski definition) is 0. The van der Waals surface area contributed by atoms with Crippen molar-refractivity contribution >= 4 is 5.97 Å². The summed E-state index contributed by atoms with van der Waals surface area (Å²) in [5, 5.41) is 0. The molecule has 14 heavy (non-hydrogen) atoms. The van der Waals surface area contributed by atoms with E-state index in [2.05, 4.69) is 6.07 Å². The van der Waals surface area contributed by atoms with Crippen LogP contribution in [0, 0.1) is 6.07 Å². The fourth-order valence-corrected chi connectivity index (χ4v) is 2.04. The first kappa shape index (κ1) is 9.25. The van der Waals surface area contributed by atoms with E-state index < -0.39 is 0 Å². The summed E-state index contributed by atoms with van der Waals surface area (Å²) in [7, 11) is 1.46. The molecule has 1 aliphatic rings. The van der Waals surface area contributed by atoms with Crippen LogP contribution in [0.1, 0.15) is 24.8 Å². The van der Waals surface area contributed by atoms with Gasteiger partial charge in [-0.05, 0) is 24.5 Å². The summed E-state index contributed by atoms with van der Waals surface area (Å²) in [4.78, 5) is 11.7. The zero-order valence-corrected chi connectivity index (χ0v) is 8.25. The lowest BCUT2D eigenvalue weighted by atomic mass is 9.64. The fraction of sp³-hybridized carbons (Fsp3) is 0.417. The average molecular weight is 189 g/mol. The third-order valence-corrected chi connectivity index (χ3v) is 3.05. The van der Waals surface area contributed by atoms with E-state index in [1.54, 1.807) is 0 Å². The van der Waals surface area contributed by atoms with Crippen molar-refractivity contribution in [3.05, 3.63) is 35.9 Å². The summed E-state index contributed by atoms with van der Waals surface area (Å²) in [6.07, 6.45) is 2.92. The molecule has 1 aromatic carbocycles. The summed E-state index contributed by atoms with van der Waals surface area (Å²) in [6.45, 7) is 0. The molecule has 1 radical (unpaired) electrons. The summed E-state index contributed by atoms with van der Waals surface area (Å²) < 4.78 is 4.86. The molecule has 73 valence electrons. The zero-order valence-electron chi connectivity index (χ0n) is 8.25. The number of benzene rings is 1. The lowest BCUT2D eigenvalue weighted by Crippen LogP contribution is -2.43. The highest BCUT2D eigenvalue weighted by molar-refractivity contribution is 5.84. The number of ether oxygens (including phenoxy) is 1. The predicted octanol–water partition coefficient (Wildman–Crippen LogP) is 2.08. The van der Waals surface area contributed by atoms with E-state index in [0.29, 0.717) is 0 Å². The van der Waals surface area contributed by atoms with Crippen LogP contribution in [0.2, 0.25) is 0 Å². The molecule has 1 fully saturated rings. The van der Waals surface area contributed by atoms with E-state index >= 15 is 0 Å². The molecule has 0 aromatic heterocycles. The summed E-state index contributed by atoms with van der Waals surface area (Å²) in [5.41, 5.74) is 0.707. The van der Waals surface area contributed by atoms with Crippen LogP contribution >= 0.6 is 0 Å². The minimum atomic E-state index is -0.357. The molecule has 2 nitrogen and oxygen atoms in total. The van der Waals surface area contributed by atoms with Crippen molar-refractivity contribution in [2.75, 3.05) is 7.11 Å². The SMILES string of the molecule is COC(=O)C1(c2cc[c]cc2)CCC1. The Hall–Kier alpha value is -1.31. The third kappa shape index (κ3) is 1.22. The number of carbonyl (C=O) groups is 1. The maximum Gasteiger partial charge on any atom is 0.316 e. The molecule has 0 bridgehead atoms. The maximum atomic E-state index is 11.7. The Labute approximate surface area is 83.9 Å². The molecule has 0 unspecified atom stereocenters. The minimum absolute atomic E-state index is 0.102. The zero-order chi connectivity index (χ0) is 10.0. The van der Waals surface area contributed by atoms with Crippen LogP contribution in [0.25, 0.3) is 0 Å². The molecule has 1 aromatic rings. The molecule has 2 heteroatoms. The fourth-order valence-electron chi connectivity index (χ4n) is 2.04. The van der Waals surface area contributed by atoms with Crippen LogP contribution < -0.4 is 0 Å². The molecule has 0 atom stereocenters.